The molecule has 4 rings (SSSR count). The van der Waals surface area contributed by atoms with Crippen LogP contribution in [0.1, 0.15) is 12.0 Å². The van der Waals surface area contributed by atoms with Crippen molar-refractivity contribution in [3.8, 4) is 0 Å². The van der Waals surface area contributed by atoms with Crippen LogP contribution in [0, 0.1) is 12.8 Å². The molecule has 0 N–H and O–H groups in total. The molecule has 5 nitrogen and oxygen atoms in total. The molecule has 27 heavy (non-hydrogen) atoms. The maximum atomic E-state index is 12.9. The highest BCUT2D eigenvalue weighted by Crippen LogP contribution is 2.27. The first-order valence-corrected chi connectivity index (χ1v) is 9.57. The highest BCUT2D eigenvalue weighted by molar-refractivity contribution is 6.00. The minimum Gasteiger partial charge on any atom is -0.368 e. The second-order valence-electron chi connectivity index (χ2n) is 7.39. The van der Waals surface area contributed by atoms with Gasteiger partial charge >= 0.3 is 0 Å². The van der Waals surface area contributed by atoms with Crippen molar-refractivity contribution >= 4 is 23.2 Å². The average Bonchev–Trinajstić information content (AvgIpc) is 3.10. The summed E-state index contributed by atoms with van der Waals surface area (Å²) in [5.41, 5.74) is 3.34. The molecular weight excluding hydrogens is 338 g/mol. The molecule has 0 aliphatic carbocycles. The van der Waals surface area contributed by atoms with Gasteiger partial charge in [-0.25, -0.2) is 0 Å². The molecule has 2 saturated heterocycles. The molecule has 2 aliphatic rings. The summed E-state index contributed by atoms with van der Waals surface area (Å²) in [7, 11) is 0. The van der Waals surface area contributed by atoms with Gasteiger partial charge in [-0.2, -0.15) is 0 Å². The number of benzene rings is 2. The maximum Gasteiger partial charge on any atom is 0.228 e. The molecule has 1 atom stereocenters. The van der Waals surface area contributed by atoms with E-state index in [1.54, 1.807) is 4.90 Å². The van der Waals surface area contributed by atoms with Gasteiger partial charge in [-0.15, -0.1) is 0 Å². The monoisotopic (exact) mass is 363 g/mol. The van der Waals surface area contributed by atoms with Crippen LogP contribution in [0.3, 0.4) is 0 Å². The van der Waals surface area contributed by atoms with E-state index >= 15 is 0 Å². The minimum absolute atomic E-state index is 0.0398. The Balaban J connectivity index is 1.36. The number of carbonyl (C=O) groups excluding carboxylic acids is 2. The summed E-state index contributed by atoms with van der Waals surface area (Å²) in [5, 5.41) is 0. The fraction of sp³-hybridized carbons (Fsp3) is 0.364. The standard InChI is InChI=1S/C22H25N3O2/c1-17-6-5-9-20(14-17)23-10-12-24(13-11-23)22(27)18-15-21(26)25(16-18)19-7-3-2-4-8-19/h2-9,14,18H,10-13,15-16H2,1H3. The van der Waals surface area contributed by atoms with Crippen LogP contribution < -0.4 is 9.80 Å². The summed E-state index contributed by atoms with van der Waals surface area (Å²) in [6.07, 6.45) is 0.311. The fourth-order valence-electron chi connectivity index (χ4n) is 4.00. The lowest BCUT2D eigenvalue weighted by Crippen LogP contribution is -2.50. The van der Waals surface area contributed by atoms with Gasteiger partial charge in [-0.3, -0.25) is 9.59 Å². The van der Waals surface area contributed by atoms with E-state index in [1.807, 2.05) is 35.2 Å². The van der Waals surface area contributed by atoms with E-state index in [0.717, 1.165) is 18.8 Å². The molecule has 0 spiro atoms. The molecule has 2 aliphatic heterocycles. The van der Waals surface area contributed by atoms with E-state index < -0.39 is 0 Å². The van der Waals surface area contributed by atoms with Gasteiger partial charge in [0.05, 0.1) is 5.92 Å². The van der Waals surface area contributed by atoms with Gasteiger partial charge in [-0.1, -0.05) is 30.3 Å². The smallest absolute Gasteiger partial charge is 0.228 e. The van der Waals surface area contributed by atoms with Gasteiger partial charge in [-0.05, 0) is 36.8 Å². The quantitative estimate of drug-likeness (QED) is 0.842. The zero-order chi connectivity index (χ0) is 18.8. The summed E-state index contributed by atoms with van der Waals surface area (Å²) in [6, 6.07) is 18.1. The second-order valence-corrected chi connectivity index (χ2v) is 7.39. The van der Waals surface area contributed by atoms with Crippen LogP contribution in [0.5, 0.6) is 0 Å². The number of carbonyl (C=O) groups is 2. The Morgan fingerprint density at radius 3 is 2.33 bits per heavy atom. The molecule has 0 radical (unpaired) electrons. The number of hydrogen-bond acceptors (Lipinski definition) is 3. The molecule has 2 fully saturated rings. The van der Waals surface area contributed by atoms with Gasteiger partial charge < -0.3 is 14.7 Å². The predicted octanol–water partition coefficient (Wildman–Crippen LogP) is 2.70. The van der Waals surface area contributed by atoms with Gasteiger partial charge in [0.15, 0.2) is 0 Å². The summed E-state index contributed by atoms with van der Waals surface area (Å²) >= 11 is 0. The van der Waals surface area contributed by atoms with E-state index in [0.29, 0.717) is 26.1 Å². The predicted molar refractivity (Wildman–Crippen MR) is 107 cm³/mol. The van der Waals surface area contributed by atoms with Gasteiger partial charge in [0.2, 0.25) is 11.8 Å². The van der Waals surface area contributed by atoms with Crippen molar-refractivity contribution in [2.45, 2.75) is 13.3 Å². The zero-order valence-electron chi connectivity index (χ0n) is 15.7. The van der Waals surface area contributed by atoms with Crippen LogP contribution >= 0.6 is 0 Å². The maximum absolute atomic E-state index is 12.9. The highest BCUT2D eigenvalue weighted by Gasteiger charge is 2.37. The van der Waals surface area contributed by atoms with E-state index in [1.165, 1.54) is 11.3 Å². The minimum atomic E-state index is -0.233. The average molecular weight is 363 g/mol. The van der Waals surface area contributed by atoms with Crippen molar-refractivity contribution < 1.29 is 9.59 Å². The Hall–Kier alpha value is -2.82. The van der Waals surface area contributed by atoms with Crippen LogP contribution in [-0.4, -0.2) is 49.4 Å². The van der Waals surface area contributed by atoms with Crippen molar-refractivity contribution in [2.24, 2.45) is 5.92 Å². The summed E-state index contributed by atoms with van der Waals surface area (Å²) < 4.78 is 0. The van der Waals surface area contributed by atoms with Crippen molar-refractivity contribution in [3.63, 3.8) is 0 Å². The Labute approximate surface area is 160 Å². The van der Waals surface area contributed by atoms with Crippen molar-refractivity contribution in [2.75, 3.05) is 42.5 Å². The molecule has 0 aromatic heterocycles. The molecule has 140 valence electrons. The zero-order valence-corrected chi connectivity index (χ0v) is 15.7. The lowest BCUT2D eigenvalue weighted by molar-refractivity contribution is -0.136. The van der Waals surface area contributed by atoms with Gasteiger partial charge in [0.25, 0.3) is 0 Å². The first kappa shape index (κ1) is 17.6. The molecule has 2 heterocycles. The van der Waals surface area contributed by atoms with E-state index in [4.69, 9.17) is 0 Å². The van der Waals surface area contributed by atoms with Crippen molar-refractivity contribution in [1.29, 1.82) is 0 Å². The van der Waals surface area contributed by atoms with Crippen LogP contribution in [0.15, 0.2) is 54.6 Å². The summed E-state index contributed by atoms with van der Waals surface area (Å²) in [4.78, 5) is 31.3. The SMILES string of the molecule is Cc1cccc(N2CCN(C(=O)C3CC(=O)N(c4ccccc4)C3)CC2)c1. The molecule has 0 bridgehead atoms. The first-order chi connectivity index (χ1) is 13.1. The van der Waals surface area contributed by atoms with E-state index in [2.05, 4.69) is 36.1 Å². The molecule has 2 aromatic carbocycles. The third-order valence-electron chi connectivity index (χ3n) is 5.50. The number of piperazine rings is 1. The Bertz CT molecular complexity index is 828. The van der Waals surface area contributed by atoms with Gasteiger partial charge in [0, 0.05) is 50.5 Å². The number of rotatable bonds is 3. The second kappa shape index (κ2) is 7.43. The normalized spacial score (nSPS) is 20.3. The Morgan fingerprint density at radius 2 is 1.63 bits per heavy atom. The number of aryl methyl sites for hydroxylation is 1. The van der Waals surface area contributed by atoms with Crippen LogP contribution in [0.4, 0.5) is 11.4 Å². The first-order valence-electron chi connectivity index (χ1n) is 9.57. The lowest BCUT2D eigenvalue weighted by Gasteiger charge is -2.37. The third kappa shape index (κ3) is 3.68. The molecule has 5 heteroatoms. The van der Waals surface area contributed by atoms with Crippen molar-refractivity contribution in [3.05, 3.63) is 60.2 Å². The topological polar surface area (TPSA) is 43.9 Å². The fourth-order valence-corrected chi connectivity index (χ4v) is 4.00. The highest BCUT2D eigenvalue weighted by atomic mass is 16.2. The van der Waals surface area contributed by atoms with Gasteiger partial charge in [0.1, 0.15) is 0 Å². The molecule has 2 aromatic rings. The summed E-state index contributed by atoms with van der Waals surface area (Å²) in [6.45, 7) is 5.67. The third-order valence-corrected chi connectivity index (χ3v) is 5.50. The van der Waals surface area contributed by atoms with Crippen LogP contribution in [0.2, 0.25) is 0 Å². The molecule has 0 saturated carbocycles. The summed E-state index contributed by atoms with van der Waals surface area (Å²) in [5.74, 6) is -0.0770. The number of nitrogens with zero attached hydrogens (tertiary/aromatic N) is 3. The molecule has 1 unspecified atom stereocenters. The number of para-hydroxylation sites is 1. The van der Waals surface area contributed by atoms with Crippen LogP contribution in [-0.2, 0) is 9.59 Å². The van der Waals surface area contributed by atoms with Crippen molar-refractivity contribution in [1.82, 2.24) is 4.90 Å². The largest absolute Gasteiger partial charge is 0.368 e. The number of anilines is 2. The van der Waals surface area contributed by atoms with E-state index in [9.17, 15) is 9.59 Å². The molecular formula is C22H25N3O2. The lowest BCUT2D eigenvalue weighted by atomic mass is 10.1. The van der Waals surface area contributed by atoms with Crippen LogP contribution in [0.25, 0.3) is 0 Å². The Morgan fingerprint density at radius 1 is 0.926 bits per heavy atom. The Kier molecular flexibility index (Phi) is 4.84. The van der Waals surface area contributed by atoms with E-state index in [-0.39, 0.29) is 17.7 Å². The number of hydrogen-bond donors (Lipinski definition) is 0. The number of amides is 2. The molecule has 2 amide bonds.